The van der Waals surface area contributed by atoms with Crippen molar-refractivity contribution in [1.82, 2.24) is 14.8 Å². The molecular formula is C13H16BrN3O. The van der Waals surface area contributed by atoms with Gasteiger partial charge in [0.15, 0.2) is 0 Å². The second kappa shape index (κ2) is 6.11. The predicted octanol–water partition coefficient (Wildman–Crippen LogP) is 2.73. The summed E-state index contributed by atoms with van der Waals surface area (Å²) >= 11 is 3.43. The van der Waals surface area contributed by atoms with Crippen LogP contribution < -0.4 is 0 Å². The van der Waals surface area contributed by atoms with Gasteiger partial charge in [0.25, 0.3) is 0 Å². The largest absolute Gasteiger partial charge is 0.387 e. The minimum Gasteiger partial charge on any atom is -0.387 e. The van der Waals surface area contributed by atoms with Crippen molar-refractivity contribution in [1.29, 1.82) is 0 Å². The molecule has 0 spiro atoms. The Kier molecular flexibility index (Phi) is 4.49. The smallest absolute Gasteiger partial charge is 0.0971 e. The number of aromatic nitrogens is 3. The second-order valence-corrected chi connectivity index (χ2v) is 4.92. The molecule has 2 aromatic rings. The van der Waals surface area contributed by atoms with Crippen LogP contribution in [-0.4, -0.2) is 19.9 Å². The average molecular weight is 310 g/mol. The van der Waals surface area contributed by atoms with E-state index in [1.165, 1.54) is 0 Å². The number of aliphatic hydroxyl groups excluding tert-OH is 1. The third kappa shape index (κ3) is 2.97. The normalized spacial score (nSPS) is 12.6. The highest BCUT2D eigenvalue weighted by Crippen LogP contribution is 2.26. The molecule has 1 unspecified atom stereocenters. The van der Waals surface area contributed by atoms with Crippen LogP contribution in [0.3, 0.4) is 0 Å². The van der Waals surface area contributed by atoms with Crippen molar-refractivity contribution < 1.29 is 5.11 Å². The molecule has 0 aliphatic heterocycles. The summed E-state index contributed by atoms with van der Waals surface area (Å²) in [5, 5.41) is 14.4. The van der Waals surface area contributed by atoms with Gasteiger partial charge in [-0.05, 0) is 47.8 Å². The molecule has 0 amide bonds. The average Bonchev–Trinajstić information content (AvgIpc) is 2.78. The van der Waals surface area contributed by atoms with Gasteiger partial charge in [0.2, 0.25) is 0 Å². The molecule has 0 bridgehead atoms. The summed E-state index contributed by atoms with van der Waals surface area (Å²) in [5.41, 5.74) is 1.84. The number of nitrogens with zero attached hydrogens (tertiary/aromatic N) is 3. The van der Waals surface area contributed by atoms with E-state index in [9.17, 15) is 5.11 Å². The fraction of sp³-hybridized carbons (Fsp3) is 0.385. The van der Waals surface area contributed by atoms with Gasteiger partial charge < -0.3 is 5.11 Å². The van der Waals surface area contributed by atoms with E-state index in [0.29, 0.717) is 6.42 Å². The molecule has 0 saturated heterocycles. The van der Waals surface area contributed by atoms with Gasteiger partial charge in [0, 0.05) is 18.4 Å². The maximum absolute atomic E-state index is 10.2. The quantitative estimate of drug-likeness (QED) is 0.924. The van der Waals surface area contributed by atoms with E-state index in [2.05, 4.69) is 26.0 Å². The summed E-state index contributed by atoms with van der Waals surface area (Å²) in [6.07, 6.45) is 4.37. The number of aryl methyl sites for hydroxylation is 2. The lowest BCUT2D eigenvalue weighted by atomic mass is 10.1. The van der Waals surface area contributed by atoms with Crippen molar-refractivity contribution in [2.24, 2.45) is 0 Å². The zero-order chi connectivity index (χ0) is 13.0. The molecule has 2 heterocycles. The summed E-state index contributed by atoms with van der Waals surface area (Å²) < 4.78 is 2.67. The number of hydrogen-bond acceptors (Lipinski definition) is 3. The fourth-order valence-electron chi connectivity index (χ4n) is 1.92. The first kappa shape index (κ1) is 13.2. The Morgan fingerprint density at radius 3 is 2.94 bits per heavy atom. The van der Waals surface area contributed by atoms with Crippen LogP contribution in [-0.2, 0) is 13.0 Å². The van der Waals surface area contributed by atoms with E-state index in [1.54, 1.807) is 12.4 Å². The number of hydrogen-bond donors (Lipinski definition) is 1. The summed E-state index contributed by atoms with van der Waals surface area (Å²) in [6, 6.07) is 5.82. The summed E-state index contributed by atoms with van der Waals surface area (Å²) in [5.74, 6) is 0. The zero-order valence-electron chi connectivity index (χ0n) is 10.3. The molecular weight excluding hydrogens is 294 g/mol. The molecule has 0 saturated carbocycles. The molecule has 2 aromatic heterocycles. The van der Waals surface area contributed by atoms with Gasteiger partial charge in [0.05, 0.1) is 22.5 Å². The first-order valence-corrected chi connectivity index (χ1v) is 6.80. The van der Waals surface area contributed by atoms with E-state index in [0.717, 1.165) is 28.8 Å². The minimum atomic E-state index is -0.524. The fourth-order valence-corrected chi connectivity index (χ4v) is 2.48. The Labute approximate surface area is 115 Å². The third-order valence-corrected chi connectivity index (χ3v) is 3.46. The van der Waals surface area contributed by atoms with Gasteiger partial charge in [0.1, 0.15) is 0 Å². The van der Waals surface area contributed by atoms with Gasteiger partial charge in [-0.15, -0.1) is 0 Å². The van der Waals surface area contributed by atoms with Crippen LogP contribution in [0.1, 0.15) is 30.8 Å². The Hall–Kier alpha value is -1.20. The highest BCUT2D eigenvalue weighted by molar-refractivity contribution is 9.10. The van der Waals surface area contributed by atoms with Crippen molar-refractivity contribution in [2.75, 3.05) is 0 Å². The van der Waals surface area contributed by atoms with Crippen molar-refractivity contribution in [3.63, 3.8) is 0 Å². The molecule has 1 N–H and O–H groups in total. The van der Waals surface area contributed by atoms with Gasteiger partial charge in [-0.25, -0.2) is 0 Å². The zero-order valence-corrected chi connectivity index (χ0v) is 11.8. The first-order valence-electron chi connectivity index (χ1n) is 6.01. The molecule has 0 radical (unpaired) electrons. The number of halogens is 1. The number of pyridine rings is 1. The molecule has 2 rings (SSSR count). The standard InChI is InChI=1S/C13H16BrN3O/c1-2-17-13(11(14)9-16-17)12(18)7-6-10-5-3-4-8-15-10/h3-5,8-9,12,18H,2,6-7H2,1H3. The molecule has 0 aliphatic carbocycles. The Morgan fingerprint density at radius 2 is 2.28 bits per heavy atom. The van der Waals surface area contributed by atoms with Crippen LogP contribution in [0.2, 0.25) is 0 Å². The van der Waals surface area contributed by atoms with Crippen LogP contribution in [0.25, 0.3) is 0 Å². The molecule has 0 aliphatic rings. The van der Waals surface area contributed by atoms with Crippen molar-refractivity contribution >= 4 is 15.9 Å². The molecule has 4 nitrogen and oxygen atoms in total. The van der Waals surface area contributed by atoms with Gasteiger partial charge in [-0.1, -0.05) is 6.07 Å². The summed E-state index contributed by atoms with van der Waals surface area (Å²) in [7, 11) is 0. The summed E-state index contributed by atoms with van der Waals surface area (Å²) in [6.45, 7) is 2.76. The monoisotopic (exact) mass is 309 g/mol. The lowest BCUT2D eigenvalue weighted by molar-refractivity contribution is 0.155. The highest BCUT2D eigenvalue weighted by Gasteiger charge is 2.17. The SMILES string of the molecule is CCn1ncc(Br)c1C(O)CCc1ccccn1. The summed E-state index contributed by atoms with van der Waals surface area (Å²) in [4.78, 5) is 4.25. The van der Waals surface area contributed by atoms with E-state index >= 15 is 0 Å². The Balaban J connectivity index is 2.03. The van der Waals surface area contributed by atoms with Crippen molar-refractivity contribution in [3.05, 3.63) is 46.5 Å². The first-order chi connectivity index (χ1) is 8.72. The van der Waals surface area contributed by atoms with Crippen LogP contribution in [0, 0.1) is 0 Å². The molecule has 5 heteroatoms. The maximum Gasteiger partial charge on any atom is 0.0971 e. The van der Waals surface area contributed by atoms with Gasteiger partial charge in [-0.3, -0.25) is 9.67 Å². The van der Waals surface area contributed by atoms with Gasteiger partial charge >= 0.3 is 0 Å². The molecule has 0 fully saturated rings. The molecule has 18 heavy (non-hydrogen) atoms. The number of rotatable bonds is 5. The van der Waals surface area contributed by atoms with E-state index in [-0.39, 0.29) is 0 Å². The van der Waals surface area contributed by atoms with Crippen molar-refractivity contribution in [2.45, 2.75) is 32.4 Å². The second-order valence-electron chi connectivity index (χ2n) is 4.07. The van der Waals surface area contributed by atoms with Gasteiger partial charge in [-0.2, -0.15) is 5.10 Å². The topological polar surface area (TPSA) is 50.9 Å². The van der Waals surface area contributed by atoms with Crippen LogP contribution in [0.5, 0.6) is 0 Å². The Morgan fingerprint density at radius 1 is 1.44 bits per heavy atom. The molecule has 1 atom stereocenters. The van der Waals surface area contributed by atoms with E-state index in [4.69, 9.17) is 0 Å². The van der Waals surface area contributed by atoms with Crippen molar-refractivity contribution in [3.8, 4) is 0 Å². The third-order valence-electron chi connectivity index (χ3n) is 2.85. The van der Waals surface area contributed by atoms with Crippen LogP contribution in [0.15, 0.2) is 35.1 Å². The molecule has 96 valence electrons. The lowest BCUT2D eigenvalue weighted by Gasteiger charge is -2.13. The maximum atomic E-state index is 10.2. The highest BCUT2D eigenvalue weighted by atomic mass is 79.9. The lowest BCUT2D eigenvalue weighted by Crippen LogP contribution is -2.09. The van der Waals surface area contributed by atoms with E-state index < -0.39 is 6.10 Å². The predicted molar refractivity (Wildman–Crippen MR) is 73.1 cm³/mol. The van der Waals surface area contributed by atoms with E-state index in [1.807, 2.05) is 29.8 Å². The van der Waals surface area contributed by atoms with Crippen LogP contribution in [0.4, 0.5) is 0 Å². The molecule has 0 aromatic carbocycles. The van der Waals surface area contributed by atoms with Crippen LogP contribution >= 0.6 is 15.9 Å². The Bertz CT molecular complexity index is 498. The minimum absolute atomic E-state index is 0.524. The number of aliphatic hydroxyl groups is 1.